The molecule has 8 nitrogen and oxygen atoms in total. The van der Waals surface area contributed by atoms with Gasteiger partial charge in [-0.15, -0.1) is 0 Å². The molecule has 1 fully saturated rings. The highest BCUT2D eigenvalue weighted by Crippen LogP contribution is 2.20. The number of para-hydroxylation sites is 1. The molecule has 2 aromatic carbocycles. The van der Waals surface area contributed by atoms with Crippen molar-refractivity contribution < 1.29 is 22.9 Å². The van der Waals surface area contributed by atoms with E-state index in [4.69, 9.17) is 4.74 Å². The molecule has 0 spiro atoms. The van der Waals surface area contributed by atoms with Crippen LogP contribution in [0, 0.1) is 10.1 Å². The molecule has 1 saturated heterocycles. The molecule has 0 atom stereocenters. The fraction of sp³-hybridized carbons (Fsp3) is 0.211. The van der Waals surface area contributed by atoms with Crippen molar-refractivity contribution in [3.63, 3.8) is 0 Å². The maximum Gasteiger partial charge on any atom is 0.276 e. The second-order valence-corrected chi connectivity index (χ2v) is 7.99. The van der Waals surface area contributed by atoms with Crippen LogP contribution in [0.5, 0.6) is 0 Å². The smallest absolute Gasteiger partial charge is 0.276 e. The van der Waals surface area contributed by atoms with E-state index >= 15 is 0 Å². The van der Waals surface area contributed by atoms with Gasteiger partial charge in [-0.2, -0.15) is 4.31 Å². The molecule has 2 aromatic rings. The number of hydrogen-bond acceptors (Lipinski definition) is 6. The zero-order valence-corrected chi connectivity index (χ0v) is 15.7. The van der Waals surface area contributed by atoms with Crippen LogP contribution in [0.15, 0.2) is 59.5 Å². The third-order valence-corrected chi connectivity index (χ3v) is 6.21. The molecular weight excluding hydrogens is 384 g/mol. The van der Waals surface area contributed by atoms with Crippen LogP contribution in [-0.4, -0.2) is 49.7 Å². The van der Waals surface area contributed by atoms with Crippen molar-refractivity contribution in [2.75, 3.05) is 26.3 Å². The lowest BCUT2D eigenvalue weighted by Crippen LogP contribution is -2.40. The molecule has 0 radical (unpaired) electrons. The van der Waals surface area contributed by atoms with E-state index < -0.39 is 14.9 Å². The number of rotatable bonds is 6. The number of sulfonamides is 1. The SMILES string of the molecule is O=C(/C=C/c1ccccc1[N+](=O)[O-])c1ccc(S(=O)(=O)N2CCOCC2)cc1. The zero-order chi connectivity index (χ0) is 20.1. The first kappa shape index (κ1) is 19.9. The van der Waals surface area contributed by atoms with Gasteiger partial charge in [0.15, 0.2) is 5.78 Å². The number of hydrogen-bond donors (Lipinski definition) is 0. The number of ketones is 1. The lowest BCUT2D eigenvalue weighted by atomic mass is 10.1. The molecule has 28 heavy (non-hydrogen) atoms. The van der Waals surface area contributed by atoms with E-state index in [9.17, 15) is 23.3 Å². The number of nitro benzene ring substituents is 1. The summed E-state index contributed by atoms with van der Waals surface area (Å²) in [4.78, 5) is 22.9. The standard InChI is InChI=1S/C19H18N2O6S/c22-19(10-7-15-3-1-2-4-18(15)21(23)24)16-5-8-17(9-6-16)28(25,26)20-11-13-27-14-12-20/h1-10H,11-14H2/b10-7+. The Morgan fingerprint density at radius 3 is 2.36 bits per heavy atom. The van der Waals surface area contributed by atoms with Gasteiger partial charge >= 0.3 is 0 Å². The fourth-order valence-electron chi connectivity index (χ4n) is 2.78. The minimum Gasteiger partial charge on any atom is -0.379 e. The lowest BCUT2D eigenvalue weighted by Gasteiger charge is -2.26. The predicted octanol–water partition coefficient (Wildman–Crippen LogP) is 2.51. The lowest BCUT2D eigenvalue weighted by molar-refractivity contribution is -0.385. The summed E-state index contributed by atoms with van der Waals surface area (Å²) in [6.45, 7) is 1.29. The Hall–Kier alpha value is -2.88. The van der Waals surface area contributed by atoms with Gasteiger partial charge in [-0.25, -0.2) is 8.42 Å². The molecule has 1 heterocycles. The molecule has 0 saturated carbocycles. The maximum atomic E-state index is 12.6. The van der Waals surface area contributed by atoms with Crippen molar-refractivity contribution in [2.45, 2.75) is 4.90 Å². The van der Waals surface area contributed by atoms with Gasteiger partial charge in [-0.05, 0) is 42.5 Å². The van der Waals surface area contributed by atoms with Crippen molar-refractivity contribution in [3.05, 3.63) is 75.8 Å². The summed E-state index contributed by atoms with van der Waals surface area (Å²) in [5, 5.41) is 11.0. The van der Waals surface area contributed by atoms with Gasteiger partial charge in [-0.3, -0.25) is 14.9 Å². The summed E-state index contributed by atoms with van der Waals surface area (Å²) < 4.78 is 31.7. The minimum absolute atomic E-state index is 0.0986. The summed E-state index contributed by atoms with van der Waals surface area (Å²) in [6.07, 6.45) is 2.60. The minimum atomic E-state index is -3.63. The summed E-state index contributed by atoms with van der Waals surface area (Å²) in [6, 6.07) is 11.7. The van der Waals surface area contributed by atoms with E-state index in [0.29, 0.717) is 31.9 Å². The van der Waals surface area contributed by atoms with E-state index in [1.54, 1.807) is 18.2 Å². The number of carbonyl (C=O) groups is 1. The average molecular weight is 402 g/mol. The normalized spacial score (nSPS) is 15.6. The first-order chi connectivity index (χ1) is 13.4. The highest BCUT2D eigenvalue weighted by Gasteiger charge is 2.26. The molecule has 0 aromatic heterocycles. The van der Waals surface area contributed by atoms with Crippen LogP contribution in [0.2, 0.25) is 0 Å². The van der Waals surface area contributed by atoms with E-state index in [1.807, 2.05) is 0 Å². The fourth-order valence-corrected chi connectivity index (χ4v) is 4.19. The van der Waals surface area contributed by atoms with Crippen LogP contribution in [-0.2, 0) is 14.8 Å². The van der Waals surface area contributed by atoms with Gasteiger partial charge in [0.05, 0.1) is 28.6 Å². The summed E-state index contributed by atoms with van der Waals surface area (Å²) >= 11 is 0. The highest BCUT2D eigenvalue weighted by atomic mass is 32.2. The molecule has 0 amide bonds. The number of allylic oxidation sites excluding steroid dienone is 1. The van der Waals surface area contributed by atoms with E-state index in [-0.39, 0.29) is 21.9 Å². The molecule has 0 unspecified atom stereocenters. The van der Waals surface area contributed by atoms with Gasteiger partial charge < -0.3 is 4.74 Å². The first-order valence-corrected chi connectivity index (χ1v) is 9.97. The summed E-state index contributed by atoms with van der Waals surface area (Å²) in [7, 11) is -3.63. The Morgan fingerprint density at radius 2 is 1.71 bits per heavy atom. The van der Waals surface area contributed by atoms with Gasteiger partial charge in [0.25, 0.3) is 5.69 Å². The Kier molecular flexibility index (Phi) is 5.98. The summed E-state index contributed by atoms with van der Waals surface area (Å²) in [5.41, 5.74) is 0.502. The average Bonchev–Trinajstić information content (AvgIpc) is 2.73. The van der Waals surface area contributed by atoms with E-state index in [2.05, 4.69) is 0 Å². The third kappa shape index (κ3) is 4.33. The number of carbonyl (C=O) groups excluding carboxylic acids is 1. The Morgan fingerprint density at radius 1 is 1.07 bits per heavy atom. The Labute approximate surface area is 162 Å². The molecule has 1 aliphatic rings. The largest absolute Gasteiger partial charge is 0.379 e. The van der Waals surface area contributed by atoms with Crippen molar-refractivity contribution >= 4 is 27.6 Å². The van der Waals surface area contributed by atoms with Crippen molar-refractivity contribution in [3.8, 4) is 0 Å². The Bertz CT molecular complexity index is 1010. The second kappa shape index (κ2) is 8.42. The van der Waals surface area contributed by atoms with Crippen LogP contribution in [0.25, 0.3) is 6.08 Å². The van der Waals surface area contributed by atoms with Gasteiger partial charge in [0.2, 0.25) is 10.0 Å². The quantitative estimate of drug-likeness (QED) is 0.318. The van der Waals surface area contributed by atoms with Gasteiger partial charge in [0.1, 0.15) is 0 Å². The molecule has 0 N–H and O–H groups in total. The van der Waals surface area contributed by atoms with Crippen molar-refractivity contribution in [1.82, 2.24) is 4.31 Å². The highest BCUT2D eigenvalue weighted by molar-refractivity contribution is 7.89. The molecule has 9 heteroatoms. The third-order valence-electron chi connectivity index (χ3n) is 4.29. The Balaban J connectivity index is 1.76. The first-order valence-electron chi connectivity index (χ1n) is 8.53. The molecule has 0 aliphatic carbocycles. The number of nitro groups is 1. The topological polar surface area (TPSA) is 107 Å². The molecule has 146 valence electrons. The predicted molar refractivity (Wildman–Crippen MR) is 102 cm³/mol. The number of benzene rings is 2. The molecule has 1 aliphatic heterocycles. The molecule has 0 bridgehead atoms. The summed E-state index contributed by atoms with van der Waals surface area (Å²) in [5.74, 6) is -0.381. The van der Waals surface area contributed by atoms with Crippen molar-refractivity contribution in [1.29, 1.82) is 0 Å². The van der Waals surface area contributed by atoms with Crippen LogP contribution < -0.4 is 0 Å². The number of nitrogens with zero attached hydrogens (tertiary/aromatic N) is 2. The maximum absolute atomic E-state index is 12.6. The van der Waals surface area contributed by atoms with Crippen LogP contribution in [0.4, 0.5) is 5.69 Å². The van der Waals surface area contributed by atoms with Crippen LogP contribution >= 0.6 is 0 Å². The van der Waals surface area contributed by atoms with Gasteiger partial charge in [0, 0.05) is 24.7 Å². The van der Waals surface area contributed by atoms with Crippen LogP contribution in [0.1, 0.15) is 15.9 Å². The van der Waals surface area contributed by atoms with E-state index in [1.165, 1.54) is 46.8 Å². The van der Waals surface area contributed by atoms with Gasteiger partial charge in [-0.1, -0.05) is 12.1 Å². The molecular formula is C19H18N2O6S. The number of ether oxygens (including phenoxy) is 1. The monoisotopic (exact) mass is 402 g/mol. The number of morpholine rings is 1. The van der Waals surface area contributed by atoms with E-state index in [0.717, 1.165) is 0 Å². The molecule has 3 rings (SSSR count). The van der Waals surface area contributed by atoms with Crippen molar-refractivity contribution in [2.24, 2.45) is 0 Å². The van der Waals surface area contributed by atoms with Crippen LogP contribution in [0.3, 0.4) is 0 Å². The zero-order valence-electron chi connectivity index (χ0n) is 14.9. The second-order valence-electron chi connectivity index (χ2n) is 6.05.